The predicted octanol–water partition coefficient (Wildman–Crippen LogP) is 3.83. The molecule has 1 heterocycles. The van der Waals surface area contributed by atoms with Gasteiger partial charge in [-0.15, -0.1) is 0 Å². The zero-order chi connectivity index (χ0) is 13.8. The van der Waals surface area contributed by atoms with Crippen LogP contribution in [0.25, 0.3) is 0 Å². The summed E-state index contributed by atoms with van der Waals surface area (Å²) in [4.78, 5) is 3.95. The fraction of sp³-hybridized carbons (Fsp3) is 0.267. The normalized spacial score (nSPS) is 12.4. The Morgan fingerprint density at radius 1 is 1.37 bits per heavy atom. The molecule has 0 saturated carbocycles. The third kappa shape index (κ3) is 3.30. The zero-order valence-corrected chi connectivity index (χ0v) is 13.1. The Kier molecular flexibility index (Phi) is 4.87. The smallest absolute Gasteiger partial charge is 0.141 e. The van der Waals surface area contributed by atoms with Crippen molar-refractivity contribution in [3.63, 3.8) is 0 Å². The van der Waals surface area contributed by atoms with Crippen molar-refractivity contribution in [1.82, 2.24) is 10.3 Å². The lowest BCUT2D eigenvalue weighted by Crippen LogP contribution is -2.23. The lowest BCUT2D eigenvalue weighted by atomic mass is 9.98. The molecule has 2 rings (SSSR count). The van der Waals surface area contributed by atoms with Gasteiger partial charge in [-0.05, 0) is 58.8 Å². The standard InChI is InChI=1S/C15H16FIN2/c1-3-19-15(11-7-12(16)9-18-8-11)13-6-4-5-10(2)14(13)17/h4-9,15,19H,3H2,1-2H3. The minimum Gasteiger partial charge on any atom is -0.306 e. The number of hydrogen-bond donors (Lipinski definition) is 1. The fourth-order valence-electron chi connectivity index (χ4n) is 2.09. The summed E-state index contributed by atoms with van der Waals surface area (Å²) in [6, 6.07) is 7.70. The first-order valence-corrected chi connectivity index (χ1v) is 7.30. The minimum atomic E-state index is -0.303. The number of aryl methyl sites for hydroxylation is 1. The van der Waals surface area contributed by atoms with Crippen molar-refractivity contribution in [3.8, 4) is 0 Å². The van der Waals surface area contributed by atoms with Crippen LogP contribution < -0.4 is 5.32 Å². The van der Waals surface area contributed by atoms with Crippen molar-refractivity contribution < 1.29 is 4.39 Å². The molecule has 1 atom stereocenters. The van der Waals surface area contributed by atoms with E-state index in [2.05, 4.69) is 51.9 Å². The van der Waals surface area contributed by atoms with E-state index in [0.717, 1.165) is 17.7 Å². The molecule has 0 fully saturated rings. The van der Waals surface area contributed by atoms with Crippen LogP contribution in [0.4, 0.5) is 4.39 Å². The number of halogens is 2. The summed E-state index contributed by atoms with van der Waals surface area (Å²) in [7, 11) is 0. The Morgan fingerprint density at radius 3 is 2.84 bits per heavy atom. The molecular formula is C15H16FIN2. The average Bonchev–Trinajstić information content (AvgIpc) is 2.40. The molecular weight excluding hydrogens is 354 g/mol. The summed E-state index contributed by atoms with van der Waals surface area (Å²) in [6.07, 6.45) is 2.95. The summed E-state index contributed by atoms with van der Waals surface area (Å²) >= 11 is 2.34. The third-order valence-electron chi connectivity index (χ3n) is 3.00. The summed E-state index contributed by atoms with van der Waals surface area (Å²) in [5, 5.41) is 3.40. The molecule has 19 heavy (non-hydrogen) atoms. The SMILES string of the molecule is CCNC(c1cncc(F)c1)c1cccc(C)c1I. The number of aromatic nitrogens is 1. The second-order valence-electron chi connectivity index (χ2n) is 4.41. The molecule has 0 bridgehead atoms. The molecule has 100 valence electrons. The van der Waals surface area contributed by atoms with Crippen molar-refractivity contribution >= 4 is 22.6 Å². The Hall–Kier alpha value is -1.01. The lowest BCUT2D eigenvalue weighted by Gasteiger charge is -2.21. The van der Waals surface area contributed by atoms with E-state index >= 15 is 0 Å². The number of nitrogens with one attached hydrogen (secondary N) is 1. The summed E-state index contributed by atoms with van der Waals surface area (Å²) in [6.45, 7) is 4.94. The van der Waals surface area contributed by atoms with Crippen molar-refractivity contribution in [1.29, 1.82) is 0 Å². The summed E-state index contributed by atoms with van der Waals surface area (Å²) in [5.74, 6) is -0.303. The van der Waals surface area contributed by atoms with Crippen molar-refractivity contribution in [3.05, 3.63) is 62.7 Å². The molecule has 0 saturated heterocycles. The van der Waals surface area contributed by atoms with E-state index in [-0.39, 0.29) is 11.9 Å². The van der Waals surface area contributed by atoms with Gasteiger partial charge in [0.1, 0.15) is 5.82 Å². The molecule has 4 heteroatoms. The molecule has 1 N–H and O–H groups in total. The van der Waals surface area contributed by atoms with E-state index in [4.69, 9.17) is 0 Å². The van der Waals surface area contributed by atoms with Crippen LogP contribution in [-0.4, -0.2) is 11.5 Å². The van der Waals surface area contributed by atoms with Crippen LogP contribution in [0.5, 0.6) is 0 Å². The first kappa shape index (κ1) is 14.4. The van der Waals surface area contributed by atoms with Gasteiger partial charge in [0.25, 0.3) is 0 Å². The molecule has 2 aromatic rings. The molecule has 0 aliphatic heterocycles. The van der Waals surface area contributed by atoms with Crippen LogP contribution in [0.3, 0.4) is 0 Å². The Balaban J connectivity index is 2.48. The highest BCUT2D eigenvalue weighted by molar-refractivity contribution is 14.1. The molecule has 0 amide bonds. The van der Waals surface area contributed by atoms with Crippen LogP contribution >= 0.6 is 22.6 Å². The van der Waals surface area contributed by atoms with Gasteiger partial charge in [0.05, 0.1) is 12.2 Å². The van der Waals surface area contributed by atoms with Gasteiger partial charge in [0.15, 0.2) is 0 Å². The number of pyridine rings is 1. The summed E-state index contributed by atoms with van der Waals surface area (Å²) in [5.41, 5.74) is 3.24. The van der Waals surface area contributed by atoms with Crippen molar-refractivity contribution in [2.24, 2.45) is 0 Å². The number of hydrogen-bond acceptors (Lipinski definition) is 2. The number of benzene rings is 1. The second kappa shape index (κ2) is 6.43. The monoisotopic (exact) mass is 370 g/mol. The predicted molar refractivity (Wildman–Crippen MR) is 83.6 cm³/mol. The van der Waals surface area contributed by atoms with Gasteiger partial charge in [0, 0.05) is 9.77 Å². The maximum absolute atomic E-state index is 13.4. The van der Waals surface area contributed by atoms with E-state index in [1.165, 1.54) is 15.3 Å². The van der Waals surface area contributed by atoms with Crippen LogP contribution in [0.2, 0.25) is 0 Å². The molecule has 0 aliphatic carbocycles. The minimum absolute atomic E-state index is 0.0278. The highest BCUT2D eigenvalue weighted by Gasteiger charge is 2.17. The Bertz CT molecular complexity index is 572. The van der Waals surface area contributed by atoms with Gasteiger partial charge in [-0.25, -0.2) is 4.39 Å². The Morgan fingerprint density at radius 2 is 2.16 bits per heavy atom. The first-order valence-electron chi connectivity index (χ1n) is 6.22. The maximum Gasteiger partial charge on any atom is 0.141 e. The molecule has 0 radical (unpaired) electrons. The zero-order valence-electron chi connectivity index (χ0n) is 11.0. The molecule has 0 aliphatic rings. The van der Waals surface area contributed by atoms with E-state index in [1.54, 1.807) is 12.3 Å². The molecule has 1 unspecified atom stereocenters. The van der Waals surface area contributed by atoms with E-state index < -0.39 is 0 Å². The van der Waals surface area contributed by atoms with Gasteiger partial charge in [-0.2, -0.15) is 0 Å². The number of rotatable bonds is 4. The van der Waals surface area contributed by atoms with E-state index in [1.807, 2.05) is 13.0 Å². The quantitative estimate of drug-likeness (QED) is 0.828. The average molecular weight is 370 g/mol. The van der Waals surface area contributed by atoms with Crippen LogP contribution in [0, 0.1) is 16.3 Å². The van der Waals surface area contributed by atoms with E-state index in [0.29, 0.717) is 0 Å². The fourth-order valence-corrected chi connectivity index (χ4v) is 2.76. The van der Waals surface area contributed by atoms with E-state index in [9.17, 15) is 4.39 Å². The summed E-state index contributed by atoms with van der Waals surface area (Å²) < 4.78 is 14.6. The number of nitrogens with zero attached hydrogens (tertiary/aromatic N) is 1. The molecule has 1 aromatic heterocycles. The largest absolute Gasteiger partial charge is 0.306 e. The van der Waals surface area contributed by atoms with Crippen molar-refractivity contribution in [2.75, 3.05) is 6.54 Å². The highest BCUT2D eigenvalue weighted by atomic mass is 127. The van der Waals surface area contributed by atoms with Crippen LogP contribution in [-0.2, 0) is 0 Å². The lowest BCUT2D eigenvalue weighted by molar-refractivity contribution is 0.595. The topological polar surface area (TPSA) is 24.9 Å². The van der Waals surface area contributed by atoms with Gasteiger partial charge < -0.3 is 5.32 Å². The second-order valence-corrected chi connectivity index (χ2v) is 5.48. The molecule has 0 spiro atoms. The molecule has 1 aromatic carbocycles. The van der Waals surface area contributed by atoms with Gasteiger partial charge >= 0.3 is 0 Å². The Labute approximate surface area is 126 Å². The molecule has 2 nitrogen and oxygen atoms in total. The van der Waals surface area contributed by atoms with Gasteiger partial charge in [0.2, 0.25) is 0 Å². The van der Waals surface area contributed by atoms with Crippen molar-refractivity contribution in [2.45, 2.75) is 19.9 Å². The van der Waals surface area contributed by atoms with Crippen LogP contribution in [0.15, 0.2) is 36.7 Å². The van der Waals surface area contributed by atoms with Crippen LogP contribution in [0.1, 0.15) is 29.7 Å². The van der Waals surface area contributed by atoms with Gasteiger partial charge in [-0.1, -0.05) is 25.1 Å². The van der Waals surface area contributed by atoms with Gasteiger partial charge in [-0.3, -0.25) is 4.98 Å². The maximum atomic E-state index is 13.4. The third-order valence-corrected chi connectivity index (χ3v) is 4.47. The first-order chi connectivity index (χ1) is 9.13. The highest BCUT2D eigenvalue weighted by Crippen LogP contribution is 2.28.